The van der Waals surface area contributed by atoms with E-state index in [9.17, 15) is 14.4 Å². The van der Waals surface area contributed by atoms with Gasteiger partial charge in [-0.25, -0.2) is 4.39 Å². The van der Waals surface area contributed by atoms with Crippen LogP contribution >= 0.6 is 23.2 Å². The molecule has 1 fully saturated rings. The summed E-state index contributed by atoms with van der Waals surface area (Å²) in [4.78, 5) is 25.5. The molecule has 0 unspecified atom stereocenters. The Labute approximate surface area is 242 Å². The van der Waals surface area contributed by atoms with Crippen LogP contribution in [0.25, 0.3) is 10.9 Å². The van der Waals surface area contributed by atoms with Gasteiger partial charge >= 0.3 is 0 Å². The molecular formula is C30H27Cl2FN6O. The highest BCUT2D eigenvalue weighted by molar-refractivity contribution is 6.36. The van der Waals surface area contributed by atoms with Crippen molar-refractivity contribution >= 4 is 57.1 Å². The molecule has 5 rings (SSSR count). The van der Waals surface area contributed by atoms with E-state index in [0.717, 1.165) is 31.6 Å². The number of piperidine rings is 1. The third-order valence-corrected chi connectivity index (χ3v) is 7.83. The molecule has 1 aliphatic heterocycles. The lowest BCUT2D eigenvalue weighted by Crippen LogP contribution is -2.41. The Kier molecular flexibility index (Phi) is 8.34. The number of likely N-dealkylation sites (tertiary alicyclic amines) is 1. The first kappa shape index (κ1) is 27.6. The number of pyridine rings is 2. The fourth-order valence-electron chi connectivity index (χ4n) is 5.08. The molecule has 1 N–H and O–H groups in total. The van der Waals surface area contributed by atoms with Gasteiger partial charge in [0.2, 0.25) is 0 Å². The van der Waals surface area contributed by atoms with Gasteiger partial charge in [-0.1, -0.05) is 23.2 Å². The second-order valence-electron chi connectivity index (χ2n) is 9.75. The van der Waals surface area contributed by atoms with Crippen molar-refractivity contribution in [3.05, 3.63) is 88.0 Å². The fourth-order valence-corrected chi connectivity index (χ4v) is 5.53. The van der Waals surface area contributed by atoms with Gasteiger partial charge in [0, 0.05) is 61.5 Å². The maximum Gasteiger partial charge on any atom is 0.255 e. The van der Waals surface area contributed by atoms with E-state index in [1.54, 1.807) is 30.6 Å². The number of anilines is 3. The summed E-state index contributed by atoms with van der Waals surface area (Å²) < 4.78 is 13.7. The van der Waals surface area contributed by atoms with Crippen molar-refractivity contribution in [2.45, 2.75) is 19.8 Å². The second-order valence-corrected chi connectivity index (χ2v) is 10.6. The van der Waals surface area contributed by atoms with Crippen LogP contribution in [0.5, 0.6) is 0 Å². The number of nitriles is 1. The molecule has 4 aromatic rings. The third kappa shape index (κ3) is 5.81. The summed E-state index contributed by atoms with van der Waals surface area (Å²) in [5.41, 5.74) is 3.47. The highest BCUT2D eigenvalue weighted by Gasteiger charge is 2.25. The van der Waals surface area contributed by atoms with Crippen molar-refractivity contribution in [2.24, 2.45) is 5.92 Å². The predicted molar refractivity (Wildman–Crippen MR) is 157 cm³/mol. The SMILES string of the molecule is CCN(CC1CCN(C(=O)c2cccnc2)CC1)c1cc(Cl)c2ncc(C#N)c(Nc3ccc(F)c(Cl)c3)c2c1. The zero-order valence-corrected chi connectivity index (χ0v) is 23.4. The highest BCUT2D eigenvalue weighted by Crippen LogP contribution is 2.37. The number of hydrogen-bond acceptors (Lipinski definition) is 6. The smallest absolute Gasteiger partial charge is 0.255 e. The van der Waals surface area contributed by atoms with Crippen molar-refractivity contribution in [3.8, 4) is 6.07 Å². The second kappa shape index (κ2) is 12.1. The zero-order chi connectivity index (χ0) is 28.2. The van der Waals surface area contributed by atoms with E-state index in [-0.39, 0.29) is 10.9 Å². The number of amides is 1. The lowest BCUT2D eigenvalue weighted by molar-refractivity contribution is 0.0692. The molecule has 1 amide bonds. The largest absolute Gasteiger partial charge is 0.371 e. The minimum Gasteiger partial charge on any atom is -0.371 e. The predicted octanol–water partition coefficient (Wildman–Crippen LogP) is 7.07. The minimum atomic E-state index is -0.525. The number of carbonyl (C=O) groups is 1. The zero-order valence-electron chi connectivity index (χ0n) is 21.9. The molecule has 0 saturated carbocycles. The van der Waals surface area contributed by atoms with Crippen LogP contribution in [0.3, 0.4) is 0 Å². The van der Waals surface area contributed by atoms with Gasteiger partial charge in [-0.3, -0.25) is 14.8 Å². The Morgan fingerprint density at radius 1 is 1.18 bits per heavy atom. The molecule has 10 heteroatoms. The van der Waals surface area contributed by atoms with Crippen molar-refractivity contribution < 1.29 is 9.18 Å². The highest BCUT2D eigenvalue weighted by atomic mass is 35.5. The van der Waals surface area contributed by atoms with Gasteiger partial charge in [0.1, 0.15) is 11.9 Å². The van der Waals surface area contributed by atoms with Gasteiger partial charge in [0.25, 0.3) is 5.91 Å². The Bertz CT molecular complexity index is 1590. The first-order valence-corrected chi connectivity index (χ1v) is 13.8. The lowest BCUT2D eigenvalue weighted by Gasteiger charge is -2.35. The van der Waals surface area contributed by atoms with Gasteiger partial charge in [0.15, 0.2) is 0 Å². The summed E-state index contributed by atoms with van der Waals surface area (Å²) in [6.07, 6.45) is 6.52. The summed E-state index contributed by atoms with van der Waals surface area (Å²) in [5.74, 6) is -0.109. The third-order valence-electron chi connectivity index (χ3n) is 7.25. The number of hydrogen-bond donors (Lipinski definition) is 1. The van der Waals surface area contributed by atoms with Crippen molar-refractivity contribution in [3.63, 3.8) is 0 Å². The number of carbonyl (C=O) groups excluding carboxylic acids is 1. The molecule has 0 spiro atoms. The van der Waals surface area contributed by atoms with Gasteiger partial charge in [0.05, 0.1) is 32.4 Å². The van der Waals surface area contributed by atoms with Crippen LogP contribution in [-0.4, -0.2) is 47.0 Å². The molecular weight excluding hydrogens is 550 g/mol. The van der Waals surface area contributed by atoms with Gasteiger partial charge in [-0.05, 0) is 68.1 Å². The number of halogens is 3. The van der Waals surface area contributed by atoms with Gasteiger partial charge in [-0.15, -0.1) is 0 Å². The topological polar surface area (TPSA) is 85.2 Å². The summed E-state index contributed by atoms with van der Waals surface area (Å²) >= 11 is 12.7. The lowest BCUT2D eigenvalue weighted by atomic mass is 9.95. The molecule has 0 aliphatic carbocycles. The van der Waals surface area contributed by atoms with Crippen LogP contribution in [0, 0.1) is 23.1 Å². The Hall–Kier alpha value is -3.93. The minimum absolute atomic E-state index is 0.0171. The fraction of sp³-hybridized carbons (Fsp3) is 0.267. The van der Waals surface area contributed by atoms with Crippen LogP contribution in [0.4, 0.5) is 21.5 Å². The molecule has 1 aliphatic rings. The monoisotopic (exact) mass is 576 g/mol. The molecule has 40 heavy (non-hydrogen) atoms. The average Bonchev–Trinajstić information content (AvgIpc) is 2.98. The molecule has 0 radical (unpaired) electrons. The van der Waals surface area contributed by atoms with E-state index in [1.807, 2.05) is 17.0 Å². The Morgan fingerprint density at radius 3 is 2.65 bits per heavy atom. The number of nitrogens with one attached hydrogen (secondary N) is 1. The van der Waals surface area contributed by atoms with E-state index in [2.05, 4.69) is 33.2 Å². The molecule has 7 nitrogen and oxygen atoms in total. The number of fused-ring (bicyclic) bond motifs is 1. The van der Waals surface area contributed by atoms with E-state index in [0.29, 0.717) is 57.4 Å². The van der Waals surface area contributed by atoms with Gasteiger partial charge in [-0.2, -0.15) is 5.26 Å². The van der Waals surface area contributed by atoms with Crippen molar-refractivity contribution in [1.82, 2.24) is 14.9 Å². The summed E-state index contributed by atoms with van der Waals surface area (Å²) in [6, 6.07) is 13.9. The van der Waals surface area contributed by atoms with E-state index in [4.69, 9.17) is 23.2 Å². The van der Waals surface area contributed by atoms with E-state index < -0.39 is 5.82 Å². The number of nitrogens with zero attached hydrogens (tertiary/aromatic N) is 5. The van der Waals surface area contributed by atoms with Crippen LogP contribution in [-0.2, 0) is 0 Å². The van der Waals surface area contributed by atoms with Crippen molar-refractivity contribution in [2.75, 3.05) is 36.4 Å². The quantitative estimate of drug-likeness (QED) is 0.253. The maximum atomic E-state index is 13.7. The number of rotatable bonds is 7. The molecule has 1 saturated heterocycles. The van der Waals surface area contributed by atoms with E-state index in [1.165, 1.54) is 18.3 Å². The van der Waals surface area contributed by atoms with E-state index >= 15 is 0 Å². The maximum absolute atomic E-state index is 13.7. The first-order chi connectivity index (χ1) is 19.4. The molecule has 0 bridgehead atoms. The van der Waals surface area contributed by atoms with Crippen molar-refractivity contribution in [1.29, 1.82) is 5.26 Å². The molecule has 3 heterocycles. The van der Waals surface area contributed by atoms with Gasteiger partial charge < -0.3 is 15.1 Å². The standard InChI is InChI=1S/C30H27Cl2FN6O/c1-2-38(18-19-7-10-39(11-8-19)30(40)20-4-3-9-35-16-20)23-13-24-28(37-22-5-6-27(33)25(31)12-22)21(15-34)17-36-29(24)26(32)14-23/h3-6,9,12-14,16-17,19H,2,7-8,10-11,18H2,1H3,(H,36,37). The molecule has 204 valence electrons. The molecule has 2 aromatic carbocycles. The summed E-state index contributed by atoms with van der Waals surface area (Å²) in [5, 5.41) is 14.2. The Balaban J connectivity index is 1.38. The van der Waals surface area contributed by atoms with Crippen LogP contribution < -0.4 is 10.2 Å². The molecule has 2 aromatic heterocycles. The Morgan fingerprint density at radius 2 is 1.98 bits per heavy atom. The average molecular weight is 577 g/mol. The normalized spacial score (nSPS) is 13.7. The van der Waals surface area contributed by atoms with Crippen LogP contribution in [0.15, 0.2) is 61.1 Å². The number of aromatic nitrogens is 2. The van der Waals surface area contributed by atoms with Crippen LogP contribution in [0.2, 0.25) is 10.0 Å². The first-order valence-electron chi connectivity index (χ1n) is 13.1. The summed E-state index contributed by atoms with van der Waals surface area (Å²) in [7, 11) is 0. The number of benzene rings is 2. The molecule has 0 atom stereocenters. The van der Waals surface area contributed by atoms with Crippen LogP contribution in [0.1, 0.15) is 35.7 Å². The summed E-state index contributed by atoms with van der Waals surface area (Å²) in [6.45, 7) is 5.02.